The van der Waals surface area contributed by atoms with Crippen molar-refractivity contribution < 1.29 is 27.0 Å². The minimum absolute atomic E-state index is 0.0792. The molecule has 0 saturated heterocycles. The molecule has 1 N–H and O–H groups in total. The summed E-state index contributed by atoms with van der Waals surface area (Å²) in [6.07, 6.45) is -0.636. The molecule has 0 aliphatic heterocycles. The van der Waals surface area contributed by atoms with Gasteiger partial charge < -0.3 is 5.11 Å². The average molecular weight is 846 g/mol. The highest BCUT2D eigenvalue weighted by Gasteiger charge is 2.30. The average Bonchev–Trinajstić information content (AvgIpc) is 3.85. The van der Waals surface area contributed by atoms with Crippen molar-refractivity contribution >= 4 is 11.0 Å². The molecule has 0 spiro atoms. The van der Waals surface area contributed by atoms with Crippen LogP contribution in [-0.2, 0) is 21.7 Å². The van der Waals surface area contributed by atoms with Crippen molar-refractivity contribution in [2.45, 2.75) is 111 Å². The number of hydrogen-bond acceptors (Lipinski definition) is 3. The lowest BCUT2D eigenvalue weighted by Crippen LogP contribution is -2.18. The second kappa shape index (κ2) is 15.8. The van der Waals surface area contributed by atoms with E-state index in [4.69, 9.17) is 25.5 Å². The zero-order valence-electron chi connectivity index (χ0n) is 53.5. The van der Waals surface area contributed by atoms with Crippen LogP contribution in [0.1, 0.15) is 133 Å². The van der Waals surface area contributed by atoms with Crippen LogP contribution >= 0.6 is 0 Å². The minimum Gasteiger partial charge on any atom is -0.507 e. The third-order valence-corrected chi connectivity index (χ3v) is 11.4. The molecule has 0 atom stereocenters. The van der Waals surface area contributed by atoms with E-state index in [1.54, 1.807) is 18.2 Å². The molecule has 63 heavy (non-hydrogen) atoms. The standard InChI is InChI=1S/C59H63N3O/c1-37-22-24-39(25-23-37)41-28-29-60-50(34-41)43-30-42(31-44(32-43)56(2,3)4)46-20-17-21-52-53(46)61-55(47-35-45(57(5,6)7)36-49(54(47)63)59(11,12)13)62(52)51-27-26-40(33-48(51)58(8,9)10)38-18-15-14-16-19-38/h14-36,63H,1-13H3/i1D3,11D3,12D3,22D,23D,24D,25D,28D,29D,34D. The fourth-order valence-corrected chi connectivity index (χ4v) is 7.89. The molecule has 0 radical (unpaired) electrons. The Morgan fingerprint density at radius 1 is 0.556 bits per heavy atom. The van der Waals surface area contributed by atoms with E-state index in [1.807, 2.05) is 113 Å². The van der Waals surface area contributed by atoms with E-state index in [1.165, 1.54) is 6.07 Å². The van der Waals surface area contributed by atoms with Crippen molar-refractivity contribution in [1.82, 2.24) is 14.5 Å². The number of para-hydroxylation sites is 1. The molecule has 4 heteroatoms. The van der Waals surface area contributed by atoms with E-state index in [0.717, 1.165) is 29.2 Å². The number of aromatic hydroxyl groups is 1. The first-order valence-corrected chi connectivity index (χ1v) is 21.1. The van der Waals surface area contributed by atoms with E-state index >= 15 is 0 Å². The van der Waals surface area contributed by atoms with Crippen LogP contribution in [0.25, 0.3) is 72.7 Å². The summed E-state index contributed by atoms with van der Waals surface area (Å²) >= 11 is 0. The molecule has 0 amide bonds. The second-order valence-electron chi connectivity index (χ2n) is 19.6. The zero-order valence-corrected chi connectivity index (χ0v) is 37.5. The van der Waals surface area contributed by atoms with Gasteiger partial charge in [0.2, 0.25) is 0 Å². The summed E-state index contributed by atoms with van der Waals surface area (Å²) < 4.78 is 140. The van der Waals surface area contributed by atoms with Crippen LogP contribution in [0.2, 0.25) is 0 Å². The maximum Gasteiger partial charge on any atom is 0.149 e. The van der Waals surface area contributed by atoms with E-state index in [0.29, 0.717) is 33.4 Å². The molecule has 0 aliphatic rings. The molecule has 0 bridgehead atoms. The lowest BCUT2D eigenvalue weighted by atomic mass is 9.78. The number of imidazole rings is 1. The lowest BCUT2D eigenvalue weighted by Gasteiger charge is -2.28. The molecular weight excluding hydrogens is 767 g/mol. The van der Waals surface area contributed by atoms with E-state index in [-0.39, 0.29) is 28.2 Å². The minimum atomic E-state index is -3.12. The number of hydrogen-bond donors (Lipinski definition) is 1. The number of phenols is 1. The first-order valence-electron chi connectivity index (χ1n) is 29.1. The third kappa shape index (κ3) is 8.61. The van der Waals surface area contributed by atoms with Crippen LogP contribution in [0.3, 0.4) is 0 Å². The molecule has 320 valence electrons. The quantitative estimate of drug-likeness (QED) is 0.181. The number of aromatic nitrogens is 3. The largest absolute Gasteiger partial charge is 0.507 e. The molecule has 2 aromatic heterocycles. The van der Waals surface area contributed by atoms with Crippen LogP contribution < -0.4 is 0 Å². The Labute approximate surface area is 398 Å². The monoisotopic (exact) mass is 846 g/mol. The van der Waals surface area contributed by atoms with Crippen LogP contribution in [0.4, 0.5) is 0 Å². The van der Waals surface area contributed by atoms with Gasteiger partial charge in [-0.2, -0.15) is 0 Å². The first kappa shape index (κ1) is 27.7. The third-order valence-electron chi connectivity index (χ3n) is 11.4. The Morgan fingerprint density at radius 3 is 1.92 bits per heavy atom. The van der Waals surface area contributed by atoms with Gasteiger partial charge in [-0.05, 0) is 122 Å². The molecule has 0 aliphatic carbocycles. The SMILES string of the molecule is [2H]c1nc(-c2cc(-c3cccc4c3nc(-c3cc(C(C)(C)C)cc(C(C)(C([2H])([2H])[2H])C([2H])([2H])[2H])c3O)n4-c3ccc(-c4ccccc4)cc3C(C)(C)C)cc(C(C)(C)C)c2)c([2H])c(-c2c([2H])c([2H])c(C([2H])([2H])[2H])c([2H])c2[2H])c1[2H]. The van der Waals surface area contributed by atoms with E-state index < -0.39 is 107 Å². The van der Waals surface area contributed by atoms with Gasteiger partial charge >= 0.3 is 0 Å². The number of rotatable bonds is 6. The number of benzene rings is 6. The Hall–Kier alpha value is -6.26. The summed E-state index contributed by atoms with van der Waals surface area (Å²) in [5.74, 6) is -0.398. The fourth-order valence-electron chi connectivity index (χ4n) is 7.89. The van der Waals surface area contributed by atoms with Gasteiger partial charge in [-0.3, -0.25) is 9.55 Å². The molecule has 2 heterocycles. The highest BCUT2D eigenvalue weighted by atomic mass is 16.3. The van der Waals surface area contributed by atoms with Gasteiger partial charge in [0.25, 0.3) is 0 Å². The highest BCUT2D eigenvalue weighted by molar-refractivity contribution is 5.97. The Bertz CT molecular complexity index is 3700. The molecule has 6 aromatic carbocycles. The predicted octanol–water partition coefficient (Wildman–Crippen LogP) is 16.0. The molecule has 0 fully saturated rings. The number of pyridine rings is 1. The van der Waals surface area contributed by atoms with Crippen LogP contribution in [0.5, 0.6) is 5.75 Å². The predicted molar refractivity (Wildman–Crippen MR) is 267 cm³/mol. The summed E-state index contributed by atoms with van der Waals surface area (Å²) in [5.41, 5.74) is 0.547. The van der Waals surface area contributed by atoms with Crippen LogP contribution in [0.15, 0.2) is 139 Å². The number of nitrogens with zero attached hydrogens (tertiary/aromatic N) is 3. The molecule has 0 unspecified atom stereocenters. The van der Waals surface area contributed by atoms with Gasteiger partial charge in [0, 0.05) is 35.2 Å². The van der Waals surface area contributed by atoms with Crippen molar-refractivity contribution in [3.05, 3.63) is 167 Å². The first-order chi connectivity index (χ1) is 36.2. The number of phenolic OH excluding ortho intramolecular Hbond substituents is 1. The Balaban J connectivity index is 1.51. The zero-order chi connectivity index (χ0) is 58.8. The van der Waals surface area contributed by atoms with Crippen LogP contribution in [-0.4, -0.2) is 19.6 Å². The molecular formula is C59H63N3O. The van der Waals surface area contributed by atoms with Crippen molar-refractivity contribution in [3.8, 4) is 67.5 Å². The summed E-state index contributed by atoms with van der Waals surface area (Å²) in [4.78, 5) is 9.85. The Kier molecular flexibility index (Phi) is 6.96. The van der Waals surface area contributed by atoms with Gasteiger partial charge in [0.05, 0.1) is 37.6 Å². The molecule has 8 rings (SSSR count). The van der Waals surface area contributed by atoms with E-state index in [2.05, 4.69) is 31.8 Å². The van der Waals surface area contributed by atoms with Crippen LogP contribution in [0, 0.1) is 6.85 Å². The summed E-state index contributed by atoms with van der Waals surface area (Å²) in [5, 5.41) is 12.8. The van der Waals surface area contributed by atoms with Crippen molar-refractivity contribution in [2.24, 2.45) is 0 Å². The normalized spacial score (nSPS) is 16.9. The second-order valence-corrected chi connectivity index (χ2v) is 19.6. The maximum absolute atomic E-state index is 12.8. The van der Waals surface area contributed by atoms with Crippen molar-refractivity contribution in [3.63, 3.8) is 0 Å². The van der Waals surface area contributed by atoms with Gasteiger partial charge in [0.15, 0.2) is 0 Å². The van der Waals surface area contributed by atoms with Gasteiger partial charge in [-0.1, -0.05) is 173 Å². The van der Waals surface area contributed by atoms with Crippen molar-refractivity contribution in [2.75, 3.05) is 0 Å². The topological polar surface area (TPSA) is 50.9 Å². The molecule has 8 aromatic rings. The number of fused-ring (bicyclic) bond motifs is 1. The van der Waals surface area contributed by atoms with Crippen molar-refractivity contribution in [1.29, 1.82) is 0 Å². The van der Waals surface area contributed by atoms with Gasteiger partial charge in [0.1, 0.15) is 11.6 Å². The fraction of sp³-hybridized carbons (Fsp3) is 0.288. The van der Waals surface area contributed by atoms with Gasteiger partial charge in [-0.15, -0.1) is 0 Å². The molecule has 0 saturated carbocycles. The lowest BCUT2D eigenvalue weighted by molar-refractivity contribution is 0.446. The summed E-state index contributed by atoms with van der Waals surface area (Å²) in [6.45, 7) is 9.76. The highest BCUT2D eigenvalue weighted by Crippen LogP contribution is 2.46. The molecule has 4 nitrogen and oxygen atoms in total. The van der Waals surface area contributed by atoms with Gasteiger partial charge in [-0.25, -0.2) is 4.98 Å². The maximum atomic E-state index is 12.8. The smallest absolute Gasteiger partial charge is 0.149 e. The Morgan fingerprint density at radius 2 is 1.25 bits per heavy atom. The van der Waals surface area contributed by atoms with E-state index in [9.17, 15) is 6.48 Å². The summed E-state index contributed by atoms with van der Waals surface area (Å²) in [6, 6.07) is 25.7. The summed E-state index contributed by atoms with van der Waals surface area (Å²) in [7, 11) is 0.